The molecule has 1 amide bonds. The van der Waals surface area contributed by atoms with E-state index in [1.807, 2.05) is 20.8 Å². The Labute approximate surface area is 179 Å². The van der Waals surface area contributed by atoms with Gasteiger partial charge in [-0.05, 0) is 69.5 Å². The molecule has 1 saturated heterocycles. The van der Waals surface area contributed by atoms with Crippen molar-refractivity contribution in [2.75, 3.05) is 25.0 Å². The summed E-state index contributed by atoms with van der Waals surface area (Å²) in [6.07, 6.45) is 1.89. The number of nitrogens with one attached hydrogen (secondary N) is 2. The summed E-state index contributed by atoms with van der Waals surface area (Å²) in [5.41, 5.74) is 4.84. The third-order valence-electron chi connectivity index (χ3n) is 6.18. The van der Waals surface area contributed by atoms with Crippen molar-refractivity contribution >= 4 is 11.8 Å². The fraction of sp³-hybridized carbons (Fsp3) is 0.480. The van der Waals surface area contributed by atoms with E-state index >= 15 is 0 Å². The summed E-state index contributed by atoms with van der Waals surface area (Å²) in [4.78, 5) is 14.7. The van der Waals surface area contributed by atoms with Crippen molar-refractivity contribution in [3.8, 4) is 0 Å². The van der Waals surface area contributed by atoms with Crippen molar-refractivity contribution in [3.05, 3.63) is 65.2 Å². The van der Waals surface area contributed by atoms with Crippen LogP contribution in [0.1, 0.15) is 50.3 Å². The zero-order valence-electron chi connectivity index (χ0n) is 18.3. The highest BCUT2D eigenvalue weighted by molar-refractivity contribution is 5.69. The second-order valence-electron chi connectivity index (χ2n) is 9.59. The van der Waals surface area contributed by atoms with Gasteiger partial charge in [0.15, 0.2) is 0 Å². The first kappa shape index (κ1) is 20.7. The zero-order valence-corrected chi connectivity index (χ0v) is 18.3. The van der Waals surface area contributed by atoms with Crippen molar-refractivity contribution in [2.24, 2.45) is 0 Å². The predicted octanol–water partition coefficient (Wildman–Crippen LogP) is 4.67. The molecule has 0 bridgehead atoms. The average molecular weight is 408 g/mol. The molecule has 0 saturated carbocycles. The Morgan fingerprint density at radius 3 is 2.53 bits per heavy atom. The number of likely N-dealkylation sites (tertiary alicyclic amines) is 1. The highest BCUT2D eigenvalue weighted by Crippen LogP contribution is 2.46. The number of fused-ring (bicyclic) bond motifs is 2. The highest BCUT2D eigenvalue weighted by Gasteiger charge is 2.42. The van der Waals surface area contributed by atoms with Crippen LogP contribution in [0.4, 0.5) is 10.5 Å². The van der Waals surface area contributed by atoms with E-state index in [-0.39, 0.29) is 11.5 Å². The molecule has 5 nitrogen and oxygen atoms in total. The van der Waals surface area contributed by atoms with Gasteiger partial charge in [-0.1, -0.05) is 42.5 Å². The summed E-state index contributed by atoms with van der Waals surface area (Å²) in [7, 11) is 0. The Kier molecular flexibility index (Phi) is 5.74. The van der Waals surface area contributed by atoms with E-state index in [0.29, 0.717) is 6.54 Å². The number of nitrogens with zero attached hydrogens (tertiary/aromatic N) is 1. The number of amides is 1. The van der Waals surface area contributed by atoms with E-state index in [4.69, 9.17) is 4.74 Å². The number of piperidine rings is 1. The van der Waals surface area contributed by atoms with Crippen molar-refractivity contribution in [1.82, 2.24) is 10.2 Å². The normalized spacial score (nSPS) is 18.0. The van der Waals surface area contributed by atoms with Gasteiger partial charge in [0.2, 0.25) is 0 Å². The lowest BCUT2D eigenvalue weighted by molar-refractivity contribution is 0.0523. The first-order valence-corrected chi connectivity index (χ1v) is 10.9. The standard InChI is InChI=1S/C25H33N3O2/c1-24(2,3)30-23(29)26-16-20-10-7-11-21-22(20)25(18-27-21)12-14-28(15-13-25)17-19-8-5-4-6-9-19/h4-11,27H,12-18H2,1-3H3,(H,26,29). The Balaban J connectivity index is 1.44. The maximum Gasteiger partial charge on any atom is 0.407 e. The molecular weight excluding hydrogens is 374 g/mol. The third-order valence-corrected chi connectivity index (χ3v) is 6.18. The monoisotopic (exact) mass is 407 g/mol. The molecule has 1 fully saturated rings. The van der Waals surface area contributed by atoms with Crippen LogP contribution in [0.15, 0.2) is 48.5 Å². The Morgan fingerprint density at radius 2 is 1.83 bits per heavy atom. The smallest absolute Gasteiger partial charge is 0.407 e. The topological polar surface area (TPSA) is 53.6 Å². The van der Waals surface area contributed by atoms with Gasteiger partial charge in [-0.25, -0.2) is 4.79 Å². The van der Waals surface area contributed by atoms with E-state index in [0.717, 1.165) is 39.0 Å². The third kappa shape index (κ3) is 4.62. The first-order valence-electron chi connectivity index (χ1n) is 10.9. The quantitative estimate of drug-likeness (QED) is 0.773. The van der Waals surface area contributed by atoms with E-state index in [1.54, 1.807) is 0 Å². The number of alkyl carbamates (subject to hydrolysis) is 1. The second kappa shape index (κ2) is 8.31. The molecule has 0 atom stereocenters. The average Bonchev–Trinajstić information content (AvgIpc) is 3.07. The van der Waals surface area contributed by atoms with Crippen LogP contribution in [0, 0.1) is 0 Å². The van der Waals surface area contributed by atoms with Gasteiger partial charge in [0.1, 0.15) is 5.60 Å². The number of rotatable bonds is 4. The number of hydrogen-bond donors (Lipinski definition) is 2. The van der Waals surface area contributed by atoms with Crippen molar-refractivity contribution in [1.29, 1.82) is 0 Å². The SMILES string of the molecule is CC(C)(C)OC(=O)NCc1cccc2c1C1(CCN(Cc3ccccc3)CC1)CN2. The molecule has 0 aliphatic carbocycles. The maximum absolute atomic E-state index is 12.2. The van der Waals surface area contributed by atoms with E-state index in [9.17, 15) is 4.79 Å². The number of hydrogen-bond acceptors (Lipinski definition) is 4. The number of anilines is 1. The minimum Gasteiger partial charge on any atom is -0.444 e. The zero-order chi connectivity index (χ0) is 21.2. The van der Waals surface area contributed by atoms with E-state index in [1.165, 1.54) is 22.4 Å². The minimum absolute atomic E-state index is 0.148. The molecule has 1 spiro atoms. The van der Waals surface area contributed by atoms with Gasteiger partial charge in [-0.2, -0.15) is 0 Å². The second-order valence-corrected chi connectivity index (χ2v) is 9.59. The summed E-state index contributed by atoms with van der Waals surface area (Å²) in [5.74, 6) is 0. The minimum atomic E-state index is -0.489. The van der Waals surface area contributed by atoms with Crippen molar-refractivity contribution in [2.45, 2.75) is 57.7 Å². The summed E-state index contributed by atoms with van der Waals surface area (Å²) < 4.78 is 5.41. The van der Waals surface area contributed by atoms with E-state index < -0.39 is 5.60 Å². The van der Waals surface area contributed by atoms with Crippen LogP contribution < -0.4 is 10.6 Å². The fourth-order valence-electron chi connectivity index (χ4n) is 4.76. The lowest BCUT2D eigenvalue weighted by atomic mass is 9.72. The molecule has 4 rings (SSSR count). The van der Waals surface area contributed by atoms with Crippen LogP contribution in [0.2, 0.25) is 0 Å². The number of ether oxygens (including phenoxy) is 1. The highest BCUT2D eigenvalue weighted by atomic mass is 16.6. The molecule has 2 aliphatic heterocycles. The largest absolute Gasteiger partial charge is 0.444 e. The molecule has 5 heteroatoms. The van der Waals surface area contributed by atoms with Crippen LogP contribution in [0.5, 0.6) is 0 Å². The Morgan fingerprint density at radius 1 is 1.10 bits per heavy atom. The number of carbonyl (C=O) groups is 1. The Bertz CT molecular complexity index is 881. The number of benzene rings is 2. The van der Waals surface area contributed by atoms with Crippen LogP contribution in [-0.4, -0.2) is 36.2 Å². The molecule has 2 heterocycles. The molecule has 2 aromatic carbocycles. The van der Waals surface area contributed by atoms with Crippen LogP contribution >= 0.6 is 0 Å². The molecule has 30 heavy (non-hydrogen) atoms. The fourth-order valence-corrected chi connectivity index (χ4v) is 4.76. The van der Waals surface area contributed by atoms with Gasteiger partial charge in [0, 0.05) is 30.7 Å². The van der Waals surface area contributed by atoms with Gasteiger partial charge in [-0.15, -0.1) is 0 Å². The molecule has 2 aliphatic rings. The molecule has 0 aromatic heterocycles. The predicted molar refractivity (Wildman–Crippen MR) is 121 cm³/mol. The molecular formula is C25H33N3O2. The summed E-state index contributed by atoms with van der Waals surface area (Å²) in [5, 5.41) is 6.58. The van der Waals surface area contributed by atoms with Crippen molar-refractivity contribution < 1.29 is 9.53 Å². The lowest BCUT2D eigenvalue weighted by Crippen LogP contribution is -2.44. The molecule has 2 N–H and O–H groups in total. The van der Waals surface area contributed by atoms with Crippen LogP contribution in [-0.2, 0) is 23.2 Å². The molecule has 160 valence electrons. The number of carbonyl (C=O) groups excluding carboxylic acids is 1. The van der Waals surface area contributed by atoms with Gasteiger partial charge in [0.25, 0.3) is 0 Å². The van der Waals surface area contributed by atoms with Crippen LogP contribution in [0.3, 0.4) is 0 Å². The van der Waals surface area contributed by atoms with Gasteiger partial charge in [0.05, 0.1) is 0 Å². The van der Waals surface area contributed by atoms with Gasteiger partial charge < -0.3 is 15.4 Å². The summed E-state index contributed by atoms with van der Waals surface area (Å²) in [6, 6.07) is 17.1. The lowest BCUT2D eigenvalue weighted by Gasteiger charge is -2.40. The van der Waals surface area contributed by atoms with E-state index in [2.05, 4.69) is 64.1 Å². The summed E-state index contributed by atoms with van der Waals surface area (Å²) >= 11 is 0. The summed E-state index contributed by atoms with van der Waals surface area (Å²) in [6.45, 7) is 10.3. The maximum atomic E-state index is 12.2. The molecule has 0 unspecified atom stereocenters. The molecule has 2 aromatic rings. The van der Waals surface area contributed by atoms with Gasteiger partial charge in [-0.3, -0.25) is 4.90 Å². The first-order chi connectivity index (χ1) is 14.3. The van der Waals surface area contributed by atoms with Crippen LogP contribution in [0.25, 0.3) is 0 Å². The van der Waals surface area contributed by atoms with Crippen molar-refractivity contribution in [3.63, 3.8) is 0 Å². The Hall–Kier alpha value is -2.53. The van der Waals surface area contributed by atoms with Gasteiger partial charge >= 0.3 is 6.09 Å². The molecule has 0 radical (unpaired) electrons.